The first kappa shape index (κ1) is 14.4. The van der Waals surface area contributed by atoms with Gasteiger partial charge in [0.05, 0.1) is 6.20 Å². The number of aromatic nitrogens is 4. The first-order chi connectivity index (χ1) is 11.9. The molecule has 0 aliphatic heterocycles. The second-order valence-corrected chi connectivity index (χ2v) is 5.62. The zero-order chi connectivity index (χ0) is 16.2. The molecule has 0 radical (unpaired) electrons. The summed E-state index contributed by atoms with van der Waals surface area (Å²) in [6.07, 6.45) is 2.53. The summed E-state index contributed by atoms with van der Waals surface area (Å²) >= 11 is 0. The molecule has 2 aromatic carbocycles. The van der Waals surface area contributed by atoms with Crippen molar-refractivity contribution in [1.82, 2.24) is 19.9 Å². The predicted molar refractivity (Wildman–Crippen MR) is 94.7 cm³/mol. The van der Waals surface area contributed by atoms with Gasteiger partial charge in [-0.2, -0.15) is 4.98 Å². The van der Waals surface area contributed by atoms with Gasteiger partial charge in [-0.1, -0.05) is 60.7 Å². The average Bonchev–Trinajstić information content (AvgIpc) is 3.03. The number of hydrogen-bond donors (Lipinski definition) is 2. The van der Waals surface area contributed by atoms with Crippen LogP contribution < -0.4 is 5.32 Å². The van der Waals surface area contributed by atoms with Crippen LogP contribution in [-0.4, -0.2) is 19.9 Å². The first-order valence-corrected chi connectivity index (χ1v) is 7.90. The lowest BCUT2D eigenvalue weighted by atomic mass is 10.1. The molecule has 4 rings (SSSR count). The highest BCUT2D eigenvalue weighted by Gasteiger charge is 2.07. The lowest BCUT2D eigenvalue weighted by Crippen LogP contribution is -2.03. The Morgan fingerprint density at radius 3 is 2.29 bits per heavy atom. The third-order valence-electron chi connectivity index (χ3n) is 3.80. The highest BCUT2D eigenvalue weighted by Crippen LogP contribution is 2.13. The second-order valence-electron chi connectivity index (χ2n) is 5.62. The van der Waals surface area contributed by atoms with Gasteiger partial charge >= 0.3 is 0 Å². The molecule has 0 saturated carbocycles. The van der Waals surface area contributed by atoms with Crippen LogP contribution in [0.5, 0.6) is 0 Å². The van der Waals surface area contributed by atoms with Crippen molar-refractivity contribution in [2.75, 3.05) is 5.32 Å². The summed E-state index contributed by atoms with van der Waals surface area (Å²) in [6, 6.07) is 20.4. The molecule has 5 nitrogen and oxygen atoms in total. The first-order valence-electron chi connectivity index (χ1n) is 7.90. The molecule has 0 unspecified atom stereocenters. The largest absolute Gasteiger partial charge is 0.350 e. The van der Waals surface area contributed by atoms with Crippen LogP contribution in [0.15, 0.2) is 66.9 Å². The smallest absolute Gasteiger partial charge is 0.225 e. The van der Waals surface area contributed by atoms with Gasteiger partial charge in [-0.25, -0.2) is 9.97 Å². The summed E-state index contributed by atoms with van der Waals surface area (Å²) in [5.74, 6) is 1.48. The maximum absolute atomic E-state index is 4.58. The van der Waals surface area contributed by atoms with Gasteiger partial charge in [0.25, 0.3) is 0 Å². The minimum atomic E-state index is 0.587. The van der Waals surface area contributed by atoms with E-state index in [-0.39, 0.29) is 0 Å². The average molecular weight is 315 g/mol. The summed E-state index contributed by atoms with van der Waals surface area (Å²) in [7, 11) is 0. The Bertz CT molecular complexity index is 932. The highest BCUT2D eigenvalue weighted by molar-refractivity contribution is 5.70. The van der Waals surface area contributed by atoms with Gasteiger partial charge in [-0.15, -0.1) is 0 Å². The van der Waals surface area contributed by atoms with Gasteiger partial charge in [-0.05, 0) is 11.1 Å². The lowest BCUT2D eigenvalue weighted by molar-refractivity contribution is 1.03. The number of benzene rings is 2. The van der Waals surface area contributed by atoms with Gasteiger partial charge in [0.15, 0.2) is 5.65 Å². The molecule has 0 fully saturated rings. The molecule has 0 atom stereocenters. The van der Waals surface area contributed by atoms with Crippen LogP contribution in [0.25, 0.3) is 11.2 Å². The van der Waals surface area contributed by atoms with Gasteiger partial charge in [0.1, 0.15) is 11.3 Å². The molecule has 0 amide bonds. The minimum Gasteiger partial charge on any atom is -0.350 e. The van der Waals surface area contributed by atoms with Gasteiger partial charge in [0.2, 0.25) is 5.95 Å². The van der Waals surface area contributed by atoms with Crippen molar-refractivity contribution < 1.29 is 0 Å². The Balaban J connectivity index is 1.51. The van der Waals surface area contributed by atoms with E-state index in [1.165, 1.54) is 11.1 Å². The van der Waals surface area contributed by atoms with Gasteiger partial charge in [-0.3, -0.25) is 0 Å². The normalized spacial score (nSPS) is 10.8. The van der Waals surface area contributed by atoms with E-state index >= 15 is 0 Å². The Hall–Kier alpha value is -3.21. The summed E-state index contributed by atoms with van der Waals surface area (Å²) < 4.78 is 0. The van der Waals surface area contributed by atoms with Crippen LogP contribution >= 0.6 is 0 Å². The summed E-state index contributed by atoms with van der Waals surface area (Å²) in [6.45, 7) is 0.688. The fraction of sp³-hybridized carbons (Fsp3) is 0.105. The van der Waals surface area contributed by atoms with Crippen molar-refractivity contribution in [1.29, 1.82) is 0 Å². The number of fused-ring (bicyclic) bond motifs is 1. The van der Waals surface area contributed by atoms with Gasteiger partial charge in [0, 0.05) is 13.0 Å². The Kier molecular flexibility index (Phi) is 3.90. The molecule has 5 heteroatoms. The number of nitrogens with one attached hydrogen (secondary N) is 2. The summed E-state index contributed by atoms with van der Waals surface area (Å²) in [5, 5.41) is 3.24. The van der Waals surface area contributed by atoms with Crippen LogP contribution in [0.2, 0.25) is 0 Å². The number of H-pyrrole nitrogens is 1. The predicted octanol–water partition coefficient (Wildman–Crippen LogP) is 3.56. The van der Waals surface area contributed by atoms with Crippen LogP contribution in [0.4, 0.5) is 5.95 Å². The van der Waals surface area contributed by atoms with E-state index in [1.807, 2.05) is 36.4 Å². The number of anilines is 1. The molecule has 2 N–H and O–H groups in total. The highest BCUT2D eigenvalue weighted by atomic mass is 15.1. The van der Waals surface area contributed by atoms with Crippen molar-refractivity contribution in [2.45, 2.75) is 13.0 Å². The monoisotopic (exact) mass is 315 g/mol. The van der Waals surface area contributed by atoms with Crippen LogP contribution in [0.3, 0.4) is 0 Å². The van der Waals surface area contributed by atoms with Crippen molar-refractivity contribution >= 4 is 17.1 Å². The maximum atomic E-state index is 4.58. The van der Waals surface area contributed by atoms with E-state index in [2.05, 4.69) is 49.5 Å². The number of hydrogen-bond acceptors (Lipinski definition) is 4. The molecule has 118 valence electrons. The number of nitrogens with zero attached hydrogens (tertiary/aromatic N) is 3. The zero-order valence-electron chi connectivity index (χ0n) is 13.1. The number of rotatable bonds is 5. The van der Waals surface area contributed by atoms with E-state index in [0.717, 1.165) is 17.8 Å². The molecule has 0 saturated heterocycles. The quantitative estimate of drug-likeness (QED) is 0.591. The minimum absolute atomic E-state index is 0.587. The molecule has 2 heterocycles. The maximum Gasteiger partial charge on any atom is 0.225 e. The Labute approximate surface area is 139 Å². The third kappa shape index (κ3) is 3.25. The molecule has 24 heavy (non-hydrogen) atoms. The number of imidazole rings is 1. The standard InChI is InChI=1S/C19H17N5/c1-3-7-14(8-4-1)11-17-22-16-13-21-19(24-18(16)23-17)20-12-15-9-5-2-6-10-15/h1-10,13H,11-12H2,(H2,20,21,22,23,24). The van der Waals surface area contributed by atoms with Crippen molar-refractivity contribution in [2.24, 2.45) is 0 Å². The molecular weight excluding hydrogens is 298 g/mol. The fourth-order valence-corrected chi connectivity index (χ4v) is 2.59. The molecule has 0 bridgehead atoms. The van der Waals surface area contributed by atoms with E-state index in [0.29, 0.717) is 18.1 Å². The van der Waals surface area contributed by atoms with E-state index in [4.69, 9.17) is 0 Å². The topological polar surface area (TPSA) is 66.5 Å². The molecule has 0 aliphatic rings. The summed E-state index contributed by atoms with van der Waals surface area (Å²) in [4.78, 5) is 16.7. The van der Waals surface area contributed by atoms with Crippen LogP contribution in [-0.2, 0) is 13.0 Å². The van der Waals surface area contributed by atoms with Crippen molar-refractivity contribution in [3.05, 3.63) is 83.8 Å². The van der Waals surface area contributed by atoms with E-state index < -0.39 is 0 Å². The third-order valence-corrected chi connectivity index (χ3v) is 3.80. The molecule has 2 aromatic heterocycles. The van der Waals surface area contributed by atoms with Crippen molar-refractivity contribution in [3.63, 3.8) is 0 Å². The van der Waals surface area contributed by atoms with E-state index in [1.54, 1.807) is 6.20 Å². The SMILES string of the molecule is c1ccc(CNc2ncc3[nH]c(Cc4ccccc4)nc3n2)cc1. The Morgan fingerprint density at radius 2 is 1.54 bits per heavy atom. The lowest BCUT2D eigenvalue weighted by Gasteiger charge is -2.03. The Morgan fingerprint density at radius 1 is 0.833 bits per heavy atom. The van der Waals surface area contributed by atoms with E-state index in [9.17, 15) is 0 Å². The molecule has 0 spiro atoms. The molecular formula is C19H17N5. The molecule has 0 aliphatic carbocycles. The van der Waals surface area contributed by atoms with Crippen LogP contribution in [0.1, 0.15) is 17.0 Å². The fourth-order valence-electron chi connectivity index (χ4n) is 2.59. The van der Waals surface area contributed by atoms with Gasteiger partial charge < -0.3 is 10.3 Å². The zero-order valence-corrected chi connectivity index (χ0v) is 13.1. The number of aromatic amines is 1. The van der Waals surface area contributed by atoms with Crippen LogP contribution in [0, 0.1) is 0 Å². The second kappa shape index (κ2) is 6.50. The summed E-state index contributed by atoms with van der Waals surface area (Å²) in [5.41, 5.74) is 3.94. The van der Waals surface area contributed by atoms with Crippen molar-refractivity contribution in [3.8, 4) is 0 Å². The molecule has 4 aromatic rings.